The van der Waals surface area contributed by atoms with Crippen LogP contribution in [0, 0.1) is 11.3 Å². The van der Waals surface area contributed by atoms with Crippen LogP contribution in [-0.2, 0) is 12.7 Å². The third-order valence-corrected chi connectivity index (χ3v) is 3.86. The lowest BCUT2D eigenvalue weighted by Crippen LogP contribution is -2.41. The van der Waals surface area contributed by atoms with Crippen molar-refractivity contribution < 1.29 is 4.39 Å². The number of allylic oxidation sites excluding steroid dienone is 2. The second-order valence-corrected chi connectivity index (χ2v) is 5.30. The fourth-order valence-electron chi connectivity index (χ4n) is 2.61. The van der Waals surface area contributed by atoms with Crippen molar-refractivity contribution in [2.75, 3.05) is 13.1 Å². The number of hydrogen-bond donors (Lipinski definition) is 0. The molecule has 0 aliphatic carbocycles. The molecule has 0 amide bonds. The van der Waals surface area contributed by atoms with Crippen LogP contribution in [0.3, 0.4) is 0 Å². The highest BCUT2D eigenvalue weighted by molar-refractivity contribution is 5.80. The first-order valence-corrected chi connectivity index (χ1v) is 8.05. The first kappa shape index (κ1) is 19.6. The van der Waals surface area contributed by atoms with Gasteiger partial charge in [-0.3, -0.25) is 4.99 Å². The molecule has 0 atom stereocenters. The van der Waals surface area contributed by atoms with Gasteiger partial charge in [-0.1, -0.05) is 20.4 Å². The predicted octanol–water partition coefficient (Wildman–Crippen LogP) is 3.11. The molecule has 0 radical (unpaired) electrons. The Morgan fingerprint density at radius 2 is 2.08 bits per heavy atom. The summed E-state index contributed by atoms with van der Waals surface area (Å²) in [5, 5.41) is 16.8. The third kappa shape index (κ3) is 4.28. The van der Waals surface area contributed by atoms with Crippen LogP contribution in [0.4, 0.5) is 4.39 Å². The molecule has 0 unspecified atom stereocenters. The molecule has 130 valence electrons. The molecule has 7 heteroatoms. The second kappa shape index (κ2) is 8.96. The quantitative estimate of drug-likeness (QED) is 0.627. The first-order valence-electron chi connectivity index (χ1n) is 8.05. The Morgan fingerprint density at radius 1 is 1.46 bits per heavy atom. The number of halogens is 1. The molecule has 2 rings (SSSR count). The van der Waals surface area contributed by atoms with E-state index in [2.05, 4.69) is 27.8 Å². The Labute approximate surface area is 143 Å². The van der Waals surface area contributed by atoms with Gasteiger partial charge in [0.05, 0.1) is 23.6 Å². The smallest absolute Gasteiger partial charge is 0.173 e. The van der Waals surface area contributed by atoms with E-state index in [9.17, 15) is 0 Å². The Balaban J connectivity index is 0.00000139. The van der Waals surface area contributed by atoms with Gasteiger partial charge in [-0.05, 0) is 6.92 Å². The molecular formula is C17H25FN6. The van der Waals surface area contributed by atoms with Gasteiger partial charge < -0.3 is 9.47 Å². The molecule has 0 spiro atoms. The topological polar surface area (TPSA) is 70.1 Å². The third-order valence-electron chi connectivity index (χ3n) is 3.86. The molecule has 1 aromatic rings. The van der Waals surface area contributed by atoms with Crippen molar-refractivity contribution in [3.05, 3.63) is 36.2 Å². The molecule has 0 saturated carbocycles. The molecule has 1 saturated heterocycles. The highest BCUT2D eigenvalue weighted by atomic mass is 19.1. The van der Waals surface area contributed by atoms with Crippen LogP contribution in [0.25, 0.3) is 0 Å². The molecular weight excluding hydrogens is 307 g/mol. The van der Waals surface area contributed by atoms with E-state index in [-0.39, 0.29) is 0 Å². The predicted molar refractivity (Wildman–Crippen MR) is 92.9 cm³/mol. The van der Waals surface area contributed by atoms with Crippen molar-refractivity contribution in [3.8, 4) is 6.07 Å². The van der Waals surface area contributed by atoms with Crippen LogP contribution in [0.15, 0.2) is 35.4 Å². The van der Waals surface area contributed by atoms with Crippen LogP contribution >= 0.6 is 0 Å². The summed E-state index contributed by atoms with van der Waals surface area (Å²) in [7, 11) is 1.74. The monoisotopic (exact) mass is 332 g/mol. The fraction of sp³-hybridized carbons (Fsp3) is 0.529. The van der Waals surface area contributed by atoms with Gasteiger partial charge in [0.15, 0.2) is 11.5 Å². The molecule has 1 aromatic heterocycles. The number of aryl methyl sites for hydroxylation is 1. The van der Waals surface area contributed by atoms with E-state index in [1.807, 2.05) is 18.7 Å². The van der Waals surface area contributed by atoms with E-state index in [0.29, 0.717) is 43.0 Å². The molecule has 0 N–H and O–H groups in total. The molecule has 0 bridgehead atoms. The molecule has 24 heavy (non-hydrogen) atoms. The van der Waals surface area contributed by atoms with Crippen LogP contribution < -0.4 is 0 Å². The van der Waals surface area contributed by atoms with Crippen molar-refractivity contribution in [3.63, 3.8) is 0 Å². The van der Waals surface area contributed by atoms with Gasteiger partial charge in [0, 0.05) is 39.2 Å². The average Bonchev–Trinajstić information content (AvgIpc) is 3.05. The number of piperidine rings is 1. The van der Waals surface area contributed by atoms with E-state index in [0.717, 1.165) is 0 Å². The first-order chi connectivity index (χ1) is 11.5. The zero-order chi connectivity index (χ0) is 18.2. The lowest BCUT2D eigenvalue weighted by Gasteiger charge is -2.37. The van der Waals surface area contributed by atoms with E-state index in [4.69, 9.17) is 5.26 Å². The summed E-state index contributed by atoms with van der Waals surface area (Å²) in [5.74, 6) is 0.356. The zero-order valence-electron chi connectivity index (χ0n) is 14.8. The lowest BCUT2D eigenvalue weighted by molar-refractivity contribution is 0.0611. The number of aliphatic imine (C=N–C) groups is 1. The minimum atomic E-state index is -1.48. The number of alkyl halides is 1. The number of nitriles is 1. The molecule has 2 heterocycles. The maximum atomic E-state index is 15.1. The van der Waals surface area contributed by atoms with Gasteiger partial charge >= 0.3 is 0 Å². The SMILES string of the molecule is C=CN=C/C(=C(\C)C#N)N1CCC(F)(c2nncn2C)CC1.CC. The van der Waals surface area contributed by atoms with Crippen LogP contribution in [0.5, 0.6) is 0 Å². The van der Waals surface area contributed by atoms with Crippen molar-refractivity contribution in [2.24, 2.45) is 12.0 Å². The molecule has 6 nitrogen and oxygen atoms in total. The molecule has 0 aromatic carbocycles. The van der Waals surface area contributed by atoms with Crippen LogP contribution in [-0.4, -0.2) is 39.0 Å². The van der Waals surface area contributed by atoms with E-state index in [1.54, 1.807) is 24.8 Å². The Morgan fingerprint density at radius 3 is 2.54 bits per heavy atom. The second-order valence-electron chi connectivity index (χ2n) is 5.30. The maximum Gasteiger partial charge on any atom is 0.173 e. The van der Waals surface area contributed by atoms with E-state index >= 15 is 4.39 Å². The number of hydrogen-bond acceptors (Lipinski definition) is 5. The van der Waals surface area contributed by atoms with Crippen LogP contribution in [0.1, 0.15) is 39.4 Å². The van der Waals surface area contributed by atoms with Crippen molar-refractivity contribution in [1.82, 2.24) is 19.7 Å². The normalized spacial score (nSPS) is 17.6. The van der Waals surface area contributed by atoms with Gasteiger partial charge in [0.25, 0.3) is 0 Å². The Kier molecular flexibility index (Phi) is 7.31. The van der Waals surface area contributed by atoms with Crippen molar-refractivity contribution in [2.45, 2.75) is 39.3 Å². The largest absolute Gasteiger partial charge is 0.369 e. The number of aromatic nitrogens is 3. The van der Waals surface area contributed by atoms with Gasteiger partial charge in [0.1, 0.15) is 6.33 Å². The van der Waals surface area contributed by atoms with Gasteiger partial charge in [-0.2, -0.15) is 5.26 Å². The number of nitrogens with zero attached hydrogens (tertiary/aromatic N) is 6. The Hall–Kier alpha value is -2.49. The van der Waals surface area contributed by atoms with Crippen LogP contribution in [0.2, 0.25) is 0 Å². The average molecular weight is 332 g/mol. The summed E-state index contributed by atoms with van der Waals surface area (Å²) >= 11 is 0. The summed E-state index contributed by atoms with van der Waals surface area (Å²) in [6.07, 6.45) is 5.10. The standard InChI is InChI=1S/C15H19FN6.C2H6/c1-4-18-10-13(12(2)9-17)22-7-5-15(16,6-8-22)14-20-19-11-21(14)3;1-2/h4,10-11H,1,5-8H2,2-3H3;1-2H3/b13-12-,18-10?;. The number of rotatable bonds is 4. The van der Waals surface area contributed by atoms with E-state index in [1.165, 1.54) is 12.5 Å². The van der Waals surface area contributed by atoms with Crippen molar-refractivity contribution >= 4 is 6.21 Å². The zero-order valence-corrected chi connectivity index (χ0v) is 14.8. The number of likely N-dealkylation sites (tertiary alicyclic amines) is 1. The summed E-state index contributed by atoms with van der Waals surface area (Å²) < 4.78 is 16.7. The summed E-state index contributed by atoms with van der Waals surface area (Å²) in [6, 6.07) is 2.12. The fourth-order valence-corrected chi connectivity index (χ4v) is 2.61. The van der Waals surface area contributed by atoms with Gasteiger partial charge in [0.2, 0.25) is 0 Å². The Bertz CT molecular complexity index is 644. The summed E-state index contributed by atoms with van der Waals surface area (Å²) in [5.41, 5.74) is -0.221. The van der Waals surface area contributed by atoms with Gasteiger partial charge in [-0.25, -0.2) is 4.39 Å². The minimum absolute atomic E-state index is 0.295. The maximum absolute atomic E-state index is 15.1. The highest BCUT2D eigenvalue weighted by Crippen LogP contribution is 2.36. The van der Waals surface area contributed by atoms with E-state index < -0.39 is 5.67 Å². The highest BCUT2D eigenvalue weighted by Gasteiger charge is 2.40. The van der Waals surface area contributed by atoms with Crippen molar-refractivity contribution in [1.29, 1.82) is 5.26 Å². The molecule has 1 fully saturated rings. The summed E-state index contributed by atoms with van der Waals surface area (Å²) in [4.78, 5) is 5.96. The minimum Gasteiger partial charge on any atom is -0.369 e. The summed E-state index contributed by atoms with van der Waals surface area (Å²) in [6.45, 7) is 10.2. The molecule has 1 aliphatic rings. The lowest BCUT2D eigenvalue weighted by atomic mass is 9.92. The molecule has 1 aliphatic heterocycles. The van der Waals surface area contributed by atoms with Gasteiger partial charge in [-0.15, -0.1) is 10.2 Å².